The van der Waals surface area contributed by atoms with E-state index in [9.17, 15) is 9.90 Å². The monoisotopic (exact) mass is 360 g/mol. The third kappa shape index (κ3) is 3.85. The van der Waals surface area contributed by atoms with Crippen LogP contribution < -0.4 is 9.47 Å². The van der Waals surface area contributed by atoms with Gasteiger partial charge in [0.2, 0.25) is 13.1 Å². The highest BCUT2D eigenvalue weighted by atomic mass is 16.7. The van der Waals surface area contributed by atoms with Crippen LogP contribution in [0.4, 0.5) is 0 Å². The van der Waals surface area contributed by atoms with Gasteiger partial charge in [-0.05, 0) is 62.9 Å². The Morgan fingerprint density at radius 1 is 1.35 bits per heavy atom. The molecule has 2 atom stereocenters. The fourth-order valence-electron chi connectivity index (χ4n) is 3.27. The molecule has 0 amide bonds. The Bertz CT molecular complexity index is 745. The van der Waals surface area contributed by atoms with Crippen LogP contribution >= 0.6 is 0 Å². The van der Waals surface area contributed by atoms with E-state index in [0.717, 1.165) is 35.3 Å². The first-order valence-corrected chi connectivity index (χ1v) is 8.77. The molecule has 0 fully saturated rings. The predicted octanol–water partition coefficient (Wildman–Crippen LogP) is 3.19. The second-order valence-electron chi connectivity index (χ2n) is 6.56. The summed E-state index contributed by atoms with van der Waals surface area (Å²) in [5.41, 5.74) is 3.45. The van der Waals surface area contributed by atoms with Crippen LogP contribution in [0.1, 0.15) is 44.2 Å². The SMILES string of the molecule is CCOC(=O)/C(=C/OC(O)C=C(C)C)C1CCc2cc3c(cc21)OCO3. The molecule has 1 N–H and O–H groups in total. The van der Waals surface area contributed by atoms with Crippen molar-refractivity contribution in [1.29, 1.82) is 0 Å². The molecule has 1 heterocycles. The van der Waals surface area contributed by atoms with Crippen LogP contribution in [-0.2, 0) is 20.7 Å². The highest BCUT2D eigenvalue weighted by Gasteiger charge is 2.33. The zero-order valence-electron chi connectivity index (χ0n) is 15.3. The summed E-state index contributed by atoms with van der Waals surface area (Å²) in [7, 11) is 0. The molecule has 0 aromatic heterocycles. The van der Waals surface area contributed by atoms with Crippen molar-refractivity contribution in [3.63, 3.8) is 0 Å². The quantitative estimate of drug-likeness (QED) is 0.276. The van der Waals surface area contributed by atoms with E-state index in [0.29, 0.717) is 11.3 Å². The van der Waals surface area contributed by atoms with Gasteiger partial charge in [0.15, 0.2) is 11.5 Å². The Balaban J connectivity index is 1.89. The van der Waals surface area contributed by atoms with Crippen molar-refractivity contribution >= 4 is 5.97 Å². The molecule has 1 aromatic rings. The number of rotatable bonds is 6. The standard InChI is InChI=1S/C20H24O6/c1-4-23-20(22)16(10-24-19(21)7-12(2)3)14-6-5-13-8-17-18(9-15(13)14)26-11-25-17/h7-10,14,19,21H,4-6,11H2,1-3H3/b16-10+. The maximum atomic E-state index is 12.5. The van der Waals surface area contributed by atoms with Gasteiger partial charge in [-0.15, -0.1) is 0 Å². The van der Waals surface area contributed by atoms with Gasteiger partial charge >= 0.3 is 5.97 Å². The van der Waals surface area contributed by atoms with Gasteiger partial charge in [0.05, 0.1) is 18.4 Å². The number of ether oxygens (including phenoxy) is 4. The van der Waals surface area contributed by atoms with Crippen LogP contribution in [0, 0.1) is 0 Å². The number of aliphatic hydroxyl groups excluding tert-OH is 1. The molecule has 0 spiro atoms. The Kier molecular flexibility index (Phi) is 5.52. The van der Waals surface area contributed by atoms with Crippen molar-refractivity contribution in [2.45, 2.75) is 45.8 Å². The average molecular weight is 360 g/mol. The first-order valence-electron chi connectivity index (χ1n) is 8.77. The third-order valence-electron chi connectivity index (χ3n) is 4.41. The fraction of sp³-hybridized carbons (Fsp3) is 0.450. The van der Waals surface area contributed by atoms with Gasteiger partial charge in [-0.1, -0.05) is 5.57 Å². The number of hydrogen-bond acceptors (Lipinski definition) is 6. The Morgan fingerprint density at radius 2 is 2.08 bits per heavy atom. The number of hydrogen-bond donors (Lipinski definition) is 1. The van der Waals surface area contributed by atoms with E-state index in [1.807, 2.05) is 26.0 Å². The van der Waals surface area contributed by atoms with Crippen molar-refractivity contribution in [2.75, 3.05) is 13.4 Å². The summed E-state index contributed by atoms with van der Waals surface area (Å²) >= 11 is 0. The molecular weight excluding hydrogens is 336 g/mol. The van der Waals surface area contributed by atoms with E-state index < -0.39 is 12.3 Å². The average Bonchev–Trinajstić information content (AvgIpc) is 3.19. The number of fused-ring (bicyclic) bond motifs is 2. The molecule has 2 aliphatic rings. The van der Waals surface area contributed by atoms with E-state index in [1.165, 1.54) is 6.26 Å². The molecule has 3 rings (SSSR count). The lowest BCUT2D eigenvalue weighted by atomic mass is 9.93. The minimum atomic E-state index is -1.11. The number of allylic oxidation sites excluding steroid dienone is 1. The minimum absolute atomic E-state index is 0.169. The predicted molar refractivity (Wildman–Crippen MR) is 94.9 cm³/mol. The summed E-state index contributed by atoms with van der Waals surface area (Å²) in [6, 6.07) is 3.90. The number of carbonyl (C=O) groups is 1. The molecule has 2 unspecified atom stereocenters. The summed E-state index contributed by atoms with van der Waals surface area (Å²) in [5.74, 6) is 0.815. The molecule has 1 aliphatic heterocycles. The lowest BCUT2D eigenvalue weighted by molar-refractivity contribution is -0.139. The Hall–Kier alpha value is -2.47. The number of benzene rings is 1. The summed E-state index contributed by atoms with van der Waals surface area (Å²) in [6.07, 6.45) is 3.36. The number of carbonyl (C=O) groups excluding carboxylic acids is 1. The van der Waals surface area contributed by atoms with Crippen molar-refractivity contribution in [3.8, 4) is 11.5 Å². The summed E-state index contributed by atoms with van der Waals surface area (Å²) in [4.78, 5) is 12.5. The van der Waals surface area contributed by atoms with Crippen molar-refractivity contribution in [1.82, 2.24) is 0 Å². The lowest BCUT2D eigenvalue weighted by Gasteiger charge is -2.16. The second kappa shape index (κ2) is 7.83. The van der Waals surface area contributed by atoms with Crippen molar-refractivity contribution < 1.29 is 28.8 Å². The van der Waals surface area contributed by atoms with Gasteiger partial charge in [0, 0.05) is 5.92 Å². The van der Waals surface area contributed by atoms with Crippen LogP contribution in [0.5, 0.6) is 11.5 Å². The first kappa shape index (κ1) is 18.3. The van der Waals surface area contributed by atoms with Gasteiger partial charge in [0.1, 0.15) is 0 Å². The van der Waals surface area contributed by atoms with E-state index in [-0.39, 0.29) is 19.3 Å². The molecule has 26 heavy (non-hydrogen) atoms. The molecule has 0 saturated carbocycles. The smallest absolute Gasteiger partial charge is 0.337 e. The minimum Gasteiger partial charge on any atom is -0.468 e. The van der Waals surface area contributed by atoms with E-state index in [1.54, 1.807) is 13.0 Å². The fourth-order valence-corrected chi connectivity index (χ4v) is 3.27. The number of aryl methyl sites for hydroxylation is 1. The van der Waals surface area contributed by atoms with Gasteiger partial charge < -0.3 is 24.1 Å². The maximum absolute atomic E-state index is 12.5. The molecule has 1 aliphatic carbocycles. The second-order valence-corrected chi connectivity index (χ2v) is 6.56. The first-order chi connectivity index (χ1) is 12.5. The summed E-state index contributed by atoms with van der Waals surface area (Å²) in [5, 5.41) is 9.91. The van der Waals surface area contributed by atoms with E-state index >= 15 is 0 Å². The van der Waals surface area contributed by atoms with Crippen molar-refractivity contribution in [3.05, 3.63) is 46.7 Å². The number of aliphatic hydroxyl groups is 1. The number of esters is 1. The molecular formula is C20H24O6. The van der Waals surface area contributed by atoms with Gasteiger partial charge in [0.25, 0.3) is 0 Å². The molecule has 0 bridgehead atoms. The highest BCUT2D eigenvalue weighted by molar-refractivity contribution is 5.90. The largest absolute Gasteiger partial charge is 0.468 e. The normalized spacial score (nSPS) is 18.9. The van der Waals surface area contributed by atoms with Crippen molar-refractivity contribution in [2.24, 2.45) is 0 Å². The van der Waals surface area contributed by atoms with Crippen LogP contribution in [0.25, 0.3) is 0 Å². The van der Waals surface area contributed by atoms with Crippen LogP contribution in [0.15, 0.2) is 35.6 Å². The third-order valence-corrected chi connectivity index (χ3v) is 4.41. The zero-order chi connectivity index (χ0) is 18.7. The van der Waals surface area contributed by atoms with Crippen LogP contribution in [0.2, 0.25) is 0 Å². The highest BCUT2D eigenvalue weighted by Crippen LogP contribution is 2.45. The zero-order valence-corrected chi connectivity index (χ0v) is 15.3. The summed E-state index contributed by atoms with van der Waals surface area (Å²) < 4.78 is 21.5. The Morgan fingerprint density at radius 3 is 2.77 bits per heavy atom. The molecule has 0 radical (unpaired) electrons. The molecule has 6 nitrogen and oxygen atoms in total. The van der Waals surface area contributed by atoms with Gasteiger partial charge in [-0.25, -0.2) is 4.79 Å². The van der Waals surface area contributed by atoms with E-state index in [2.05, 4.69) is 0 Å². The molecule has 140 valence electrons. The van der Waals surface area contributed by atoms with Gasteiger partial charge in [-0.2, -0.15) is 0 Å². The molecule has 0 saturated heterocycles. The molecule has 6 heteroatoms. The van der Waals surface area contributed by atoms with Crippen LogP contribution in [0.3, 0.4) is 0 Å². The lowest BCUT2D eigenvalue weighted by Crippen LogP contribution is -2.15. The Labute approximate surface area is 153 Å². The maximum Gasteiger partial charge on any atom is 0.337 e. The summed E-state index contributed by atoms with van der Waals surface area (Å²) in [6.45, 7) is 5.96. The van der Waals surface area contributed by atoms with E-state index in [4.69, 9.17) is 18.9 Å². The molecule has 1 aromatic carbocycles. The van der Waals surface area contributed by atoms with Gasteiger partial charge in [-0.3, -0.25) is 0 Å². The topological polar surface area (TPSA) is 74.2 Å². The van der Waals surface area contributed by atoms with Crippen LogP contribution in [-0.4, -0.2) is 30.8 Å².